The molecule has 2 N–H and O–H groups in total. The monoisotopic (exact) mass is 312 g/mol. The standard InChI is InChI=1S/C17H32N2O3/c1-22-17(21)19-12-15(8-5-9-20)10-16(13-19)18-11-14-6-3-2-4-7-14/h14-16,18,20H,2-13H2,1H3. The number of hydrogen-bond donors (Lipinski definition) is 2. The van der Waals surface area contributed by atoms with Crippen molar-refractivity contribution >= 4 is 6.09 Å². The highest BCUT2D eigenvalue weighted by Crippen LogP contribution is 2.25. The van der Waals surface area contributed by atoms with Crippen LogP contribution in [0.25, 0.3) is 0 Å². The van der Waals surface area contributed by atoms with Gasteiger partial charge in [0.1, 0.15) is 0 Å². The smallest absolute Gasteiger partial charge is 0.409 e. The van der Waals surface area contributed by atoms with Crippen LogP contribution in [0.4, 0.5) is 4.79 Å². The molecule has 1 aliphatic heterocycles. The number of carbonyl (C=O) groups excluding carboxylic acids is 1. The summed E-state index contributed by atoms with van der Waals surface area (Å²) in [5.41, 5.74) is 0. The van der Waals surface area contributed by atoms with E-state index >= 15 is 0 Å². The number of nitrogens with zero attached hydrogens (tertiary/aromatic N) is 1. The van der Waals surface area contributed by atoms with Gasteiger partial charge >= 0.3 is 6.09 Å². The summed E-state index contributed by atoms with van der Waals surface area (Å²) in [4.78, 5) is 13.7. The van der Waals surface area contributed by atoms with E-state index in [2.05, 4.69) is 5.32 Å². The molecule has 1 saturated heterocycles. The van der Waals surface area contributed by atoms with Crippen molar-refractivity contribution in [2.75, 3.05) is 33.4 Å². The molecular formula is C17H32N2O3. The third-order valence-corrected chi connectivity index (χ3v) is 5.16. The Kier molecular flexibility index (Phi) is 7.46. The van der Waals surface area contributed by atoms with E-state index in [4.69, 9.17) is 9.84 Å². The van der Waals surface area contributed by atoms with E-state index in [1.165, 1.54) is 39.2 Å². The number of amides is 1. The topological polar surface area (TPSA) is 61.8 Å². The molecule has 2 aliphatic rings. The van der Waals surface area contributed by atoms with Gasteiger partial charge in [-0.15, -0.1) is 0 Å². The maximum absolute atomic E-state index is 11.9. The van der Waals surface area contributed by atoms with Crippen molar-refractivity contribution in [1.82, 2.24) is 10.2 Å². The molecule has 0 radical (unpaired) electrons. The summed E-state index contributed by atoms with van der Waals surface area (Å²) in [5, 5.41) is 12.7. The van der Waals surface area contributed by atoms with Gasteiger partial charge in [0, 0.05) is 25.7 Å². The van der Waals surface area contributed by atoms with E-state index in [-0.39, 0.29) is 12.7 Å². The molecule has 2 unspecified atom stereocenters. The van der Waals surface area contributed by atoms with E-state index in [0.717, 1.165) is 44.8 Å². The molecule has 1 heterocycles. The molecule has 0 aromatic heterocycles. The number of nitrogens with one attached hydrogen (secondary N) is 1. The summed E-state index contributed by atoms with van der Waals surface area (Å²) >= 11 is 0. The highest BCUT2D eigenvalue weighted by Gasteiger charge is 2.30. The Morgan fingerprint density at radius 3 is 2.68 bits per heavy atom. The Morgan fingerprint density at radius 2 is 2.00 bits per heavy atom. The molecule has 5 heteroatoms. The van der Waals surface area contributed by atoms with Crippen LogP contribution >= 0.6 is 0 Å². The number of piperidine rings is 1. The van der Waals surface area contributed by atoms with Crippen LogP contribution in [-0.4, -0.2) is 55.5 Å². The molecule has 128 valence electrons. The van der Waals surface area contributed by atoms with Crippen LogP contribution in [0.5, 0.6) is 0 Å². The van der Waals surface area contributed by atoms with Crippen LogP contribution in [0.1, 0.15) is 51.4 Å². The quantitative estimate of drug-likeness (QED) is 0.790. The first-order valence-corrected chi connectivity index (χ1v) is 8.90. The van der Waals surface area contributed by atoms with Crippen molar-refractivity contribution in [1.29, 1.82) is 0 Å². The van der Waals surface area contributed by atoms with Gasteiger partial charge < -0.3 is 20.1 Å². The second-order valence-electron chi connectivity index (χ2n) is 6.95. The number of carbonyl (C=O) groups is 1. The number of likely N-dealkylation sites (tertiary alicyclic amines) is 1. The van der Waals surface area contributed by atoms with Crippen molar-refractivity contribution in [2.24, 2.45) is 11.8 Å². The molecule has 0 spiro atoms. The van der Waals surface area contributed by atoms with Crippen molar-refractivity contribution in [3.05, 3.63) is 0 Å². The van der Waals surface area contributed by atoms with Gasteiger partial charge in [-0.05, 0) is 50.5 Å². The minimum Gasteiger partial charge on any atom is -0.453 e. The van der Waals surface area contributed by atoms with Crippen LogP contribution in [0.2, 0.25) is 0 Å². The lowest BCUT2D eigenvalue weighted by Gasteiger charge is -2.38. The number of hydrogen-bond acceptors (Lipinski definition) is 4. The fraction of sp³-hybridized carbons (Fsp3) is 0.941. The Balaban J connectivity index is 1.82. The fourth-order valence-electron chi connectivity index (χ4n) is 3.94. The molecule has 0 aromatic carbocycles. The van der Waals surface area contributed by atoms with Crippen molar-refractivity contribution < 1.29 is 14.6 Å². The molecule has 2 rings (SSSR count). The van der Waals surface area contributed by atoms with Gasteiger partial charge in [0.15, 0.2) is 0 Å². The van der Waals surface area contributed by atoms with E-state index < -0.39 is 0 Å². The second-order valence-corrected chi connectivity index (χ2v) is 6.95. The first-order valence-electron chi connectivity index (χ1n) is 8.90. The first-order chi connectivity index (χ1) is 10.7. The normalized spacial score (nSPS) is 26.9. The van der Waals surface area contributed by atoms with E-state index in [1.54, 1.807) is 0 Å². The highest BCUT2D eigenvalue weighted by molar-refractivity contribution is 5.67. The van der Waals surface area contributed by atoms with Gasteiger partial charge in [-0.2, -0.15) is 0 Å². The SMILES string of the molecule is COC(=O)N1CC(CCCO)CC(NCC2CCCCC2)C1. The third kappa shape index (κ3) is 5.43. The van der Waals surface area contributed by atoms with E-state index in [1.807, 2.05) is 4.90 Å². The number of ether oxygens (including phenoxy) is 1. The van der Waals surface area contributed by atoms with Gasteiger partial charge in [0.25, 0.3) is 0 Å². The van der Waals surface area contributed by atoms with Gasteiger partial charge in [0.2, 0.25) is 0 Å². The number of rotatable bonds is 6. The lowest BCUT2D eigenvalue weighted by Crippen LogP contribution is -2.52. The van der Waals surface area contributed by atoms with E-state index in [0.29, 0.717) is 12.0 Å². The summed E-state index contributed by atoms with van der Waals surface area (Å²) in [6.07, 6.45) is 9.47. The average Bonchev–Trinajstić information content (AvgIpc) is 2.58. The number of aliphatic hydroxyl groups is 1. The average molecular weight is 312 g/mol. The minimum absolute atomic E-state index is 0.224. The van der Waals surface area contributed by atoms with Crippen LogP contribution < -0.4 is 5.32 Å². The predicted octanol–water partition coefficient (Wildman–Crippen LogP) is 2.39. The maximum atomic E-state index is 11.9. The summed E-state index contributed by atoms with van der Waals surface area (Å²) in [7, 11) is 1.45. The summed E-state index contributed by atoms with van der Waals surface area (Å²) in [6.45, 7) is 2.81. The number of aliphatic hydroxyl groups excluding tert-OH is 1. The van der Waals surface area contributed by atoms with Crippen molar-refractivity contribution in [3.63, 3.8) is 0 Å². The van der Waals surface area contributed by atoms with Crippen LogP contribution in [0.3, 0.4) is 0 Å². The maximum Gasteiger partial charge on any atom is 0.409 e. The van der Waals surface area contributed by atoms with Crippen LogP contribution in [0.15, 0.2) is 0 Å². The molecule has 2 atom stereocenters. The molecule has 0 aromatic rings. The predicted molar refractivity (Wildman–Crippen MR) is 86.8 cm³/mol. The highest BCUT2D eigenvalue weighted by atomic mass is 16.5. The van der Waals surface area contributed by atoms with Crippen LogP contribution in [-0.2, 0) is 4.74 Å². The Morgan fingerprint density at radius 1 is 1.23 bits per heavy atom. The van der Waals surface area contributed by atoms with Gasteiger partial charge in [-0.3, -0.25) is 0 Å². The Bertz CT molecular complexity index is 332. The molecular weight excluding hydrogens is 280 g/mol. The van der Waals surface area contributed by atoms with Gasteiger partial charge in [0.05, 0.1) is 7.11 Å². The summed E-state index contributed by atoms with van der Waals surface area (Å²) < 4.78 is 4.90. The molecule has 5 nitrogen and oxygen atoms in total. The molecule has 1 saturated carbocycles. The van der Waals surface area contributed by atoms with Gasteiger partial charge in [-0.1, -0.05) is 19.3 Å². The molecule has 22 heavy (non-hydrogen) atoms. The zero-order valence-electron chi connectivity index (χ0n) is 13.9. The molecule has 1 amide bonds. The van der Waals surface area contributed by atoms with Gasteiger partial charge in [-0.25, -0.2) is 4.79 Å². The minimum atomic E-state index is -0.224. The first kappa shape index (κ1) is 17.5. The zero-order chi connectivity index (χ0) is 15.8. The fourth-order valence-corrected chi connectivity index (χ4v) is 3.94. The summed E-state index contributed by atoms with van der Waals surface area (Å²) in [6, 6.07) is 0.360. The van der Waals surface area contributed by atoms with Crippen LogP contribution in [0, 0.1) is 11.8 Å². The zero-order valence-corrected chi connectivity index (χ0v) is 13.9. The van der Waals surface area contributed by atoms with Crippen molar-refractivity contribution in [2.45, 2.75) is 57.4 Å². The Hall–Kier alpha value is -0.810. The third-order valence-electron chi connectivity index (χ3n) is 5.16. The Labute approximate surface area is 134 Å². The second kappa shape index (κ2) is 9.36. The molecule has 1 aliphatic carbocycles. The number of methoxy groups -OCH3 is 1. The van der Waals surface area contributed by atoms with Crippen molar-refractivity contribution in [3.8, 4) is 0 Å². The molecule has 0 bridgehead atoms. The largest absolute Gasteiger partial charge is 0.453 e. The summed E-state index contributed by atoms with van der Waals surface area (Å²) in [5.74, 6) is 1.27. The molecule has 2 fully saturated rings. The van der Waals surface area contributed by atoms with E-state index in [9.17, 15) is 4.79 Å². The lowest BCUT2D eigenvalue weighted by molar-refractivity contribution is 0.0863. The lowest BCUT2D eigenvalue weighted by atomic mass is 9.87.